The van der Waals surface area contributed by atoms with Crippen LogP contribution >= 0.6 is 165 Å². The van der Waals surface area contributed by atoms with Crippen molar-refractivity contribution in [2.75, 3.05) is 11.2 Å². The summed E-state index contributed by atoms with van der Waals surface area (Å²) >= 11 is 45.2. The minimum absolute atomic E-state index is 0.0347. The van der Waals surface area contributed by atoms with Crippen LogP contribution in [0.25, 0.3) is 0 Å². The first-order chi connectivity index (χ1) is 18.7. The van der Waals surface area contributed by atoms with Gasteiger partial charge in [-0.05, 0) is 47.8 Å². The first-order valence-corrected chi connectivity index (χ1v) is 16.0. The highest BCUT2D eigenvalue weighted by Gasteiger charge is 2.38. The molecule has 14 nitrogen and oxygen atoms in total. The van der Waals surface area contributed by atoms with E-state index in [0.29, 0.717) is 0 Å². The maximum Gasteiger partial charge on any atom is 0.490 e. The molecule has 0 bridgehead atoms. The Morgan fingerprint density at radius 2 is 0.814 bits per heavy atom. The molecule has 0 fully saturated rings. The van der Waals surface area contributed by atoms with Crippen LogP contribution in [0.4, 0.5) is 13.2 Å². The zero-order chi connectivity index (χ0) is 37.1. The van der Waals surface area contributed by atoms with Gasteiger partial charge >= 0.3 is 48.0 Å². The van der Waals surface area contributed by atoms with Gasteiger partial charge in [0.15, 0.2) is 3.74 Å². The van der Waals surface area contributed by atoms with Gasteiger partial charge in [0.1, 0.15) is 11.2 Å². The first kappa shape index (κ1) is 59.2. The molecule has 0 unspecified atom stereocenters. The normalized spacial score (nSPS) is 9.79. The molecular weight excluding hydrogens is 1140 g/mol. The molecule has 29 heteroatoms. The maximum atomic E-state index is 10.6. The molecule has 0 heterocycles. The predicted molar refractivity (Wildman–Crippen MR) is 171 cm³/mol. The highest BCUT2D eigenvalue weighted by molar-refractivity contribution is 9.40. The van der Waals surface area contributed by atoms with Gasteiger partial charge in [0.25, 0.3) is 3.79 Å². The van der Waals surface area contributed by atoms with E-state index < -0.39 is 62.5 Å². The summed E-state index contributed by atoms with van der Waals surface area (Å²) in [5.74, 6) is -9.46. The highest BCUT2D eigenvalue weighted by atomic mass is 80.0. The predicted octanol–water partition coefficient (Wildman–Crippen LogP) is 6.82. The van der Waals surface area contributed by atoms with Gasteiger partial charge < -0.3 is 35.7 Å². The lowest BCUT2D eigenvalue weighted by Crippen LogP contribution is -2.21. The molecular formula is C14H13Br6Cl6F3O14. The van der Waals surface area contributed by atoms with E-state index in [4.69, 9.17) is 110 Å². The van der Waals surface area contributed by atoms with Gasteiger partial charge in [-0.25, -0.2) is 19.2 Å². The highest BCUT2D eigenvalue weighted by Crippen LogP contribution is 2.33. The zero-order valence-electron chi connectivity index (χ0n) is 19.2. The molecule has 43 heavy (non-hydrogen) atoms. The van der Waals surface area contributed by atoms with Gasteiger partial charge in [0, 0.05) is 0 Å². The summed E-state index contributed by atoms with van der Waals surface area (Å²) in [6.45, 7) is 0. The first-order valence-electron chi connectivity index (χ1n) is 8.14. The summed E-state index contributed by atoms with van der Waals surface area (Å²) in [6.07, 6.45) is -5.08. The van der Waals surface area contributed by atoms with Crippen molar-refractivity contribution in [1.29, 1.82) is 0 Å². The second-order valence-electron chi connectivity index (χ2n) is 4.74. The van der Waals surface area contributed by atoms with Gasteiger partial charge in [-0.3, -0.25) is 14.4 Å². The molecule has 0 saturated heterocycles. The molecule has 0 saturated carbocycles. The number of carboxylic acids is 7. The molecule has 0 aromatic heterocycles. The minimum atomic E-state index is -5.08. The van der Waals surface area contributed by atoms with Crippen molar-refractivity contribution < 1.29 is 82.5 Å². The molecule has 0 spiro atoms. The summed E-state index contributed by atoms with van der Waals surface area (Å²) < 4.78 is 27.8. The number of halogens is 15. The fourth-order valence-corrected chi connectivity index (χ4v) is 0. The third-order valence-corrected chi connectivity index (χ3v) is 4.70. The van der Waals surface area contributed by atoms with Crippen LogP contribution in [0.5, 0.6) is 0 Å². The molecule has 0 aromatic carbocycles. The molecule has 0 aliphatic rings. The molecule has 0 amide bonds. The van der Waals surface area contributed by atoms with Crippen molar-refractivity contribution in [2.24, 2.45) is 0 Å². The van der Waals surface area contributed by atoms with Crippen LogP contribution in [0.15, 0.2) is 0 Å². The van der Waals surface area contributed by atoms with E-state index in [2.05, 4.69) is 95.6 Å². The summed E-state index contributed by atoms with van der Waals surface area (Å²) in [7, 11) is 0. The number of carbonyl (C=O) groups is 7. The second kappa shape index (κ2) is 32.6. The minimum Gasteiger partial charge on any atom is -0.481 e. The van der Waals surface area contributed by atoms with Crippen molar-refractivity contribution in [3.05, 3.63) is 0 Å². The summed E-state index contributed by atoms with van der Waals surface area (Å²) in [4.78, 5) is 64.7. The van der Waals surface area contributed by atoms with Gasteiger partial charge in [-0.1, -0.05) is 106 Å². The van der Waals surface area contributed by atoms with Crippen molar-refractivity contribution >= 4 is 207 Å². The van der Waals surface area contributed by atoms with Crippen LogP contribution < -0.4 is 0 Å². The maximum absolute atomic E-state index is 10.6. The summed E-state index contributed by atoms with van der Waals surface area (Å²) in [5, 5.41) is 54.0. The molecule has 258 valence electrons. The lowest BCUT2D eigenvalue weighted by Gasteiger charge is -2.01. The SMILES string of the molecule is O=C(O)C(Br)(Br)Br.O=C(O)C(Br)Br.O=C(O)C(Cl)(Cl)Cl.O=C(O)C(Cl)Cl.O=C(O)C(F)(F)F.O=C(O)CBr.O=C(O)CCl. The number of rotatable bonds is 4. The van der Waals surface area contributed by atoms with E-state index in [9.17, 15) is 41.9 Å². The van der Waals surface area contributed by atoms with E-state index >= 15 is 0 Å². The van der Waals surface area contributed by atoms with Crippen LogP contribution in [0.3, 0.4) is 0 Å². The fourth-order valence-electron chi connectivity index (χ4n) is 0. The second-order valence-corrected chi connectivity index (χ2v) is 18.8. The third kappa shape index (κ3) is 75.0. The zero-order valence-corrected chi connectivity index (χ0v) is 33.3. The topological polar surface area (TPSA) is 261 Å². The van der Waals surface area contributed by atoms with Crippen LogP contribution in [0.1, 0.15) is 0 Å². The van der Waals surface area contributed by atoms with Crippen molar-refractivity contribution in [3.8, 4) is 0 Å². The van der Waals surface area contributed by atoms with E-state index in [-0.39, 0.29) is 11.2 Å². The van der Waals surface area contributed by atoms with Gasteiger partial charge in [-0.2, -0.15) is 13.2 Å². The Kier molecular flexibility index (Phi) is 44.9. The third-order valence-electron chi connectivity index (χ3n) is 1.33. The van der Waals surface area contributed by atoms with E-state index in [1.165, 1.54) is 0 Å². The van der Waals surface area contributed by atoms with Crippen LogP contribution in [0.2, 0.25) is 0 Å². The Morgan fingerprint density at radius 3 is 0.814 bits per heavy atom. The van der Waals surface area contributed by atoms with Crippen molar-refractivity contribution in [3.63, 3.8) is 0 Å². The average molecular weight is 1150 g/mol. The van der Waals surface area contributed by atoms with Crippen molar-refractivity contribution in [1.82, 2.24) is 0 Å². The van der Waals surface area contributed by atoms with Crippen molar-refractivity contribution in [2.45, 2.75) is 20.7 Å². The summed E-state index contributed by atoms with van der Waals surface area (Å²) in [5.41, 5.74) is 0. The standard InChI is InChI=1S/C2HBr3O2.C2H2Br2O2.C2H3BrO2.C2HCl3O2.C2H2Cl2O2.C2H3ClO2.C2HF3O2/c3-2(4,5)1(6)7;3-1(4)2(5)6;3-1-2(4)5;3-2(4,5)1(6)7;3-1(4)2(5)6;3-1-2(4)5;3-2(4,5)1(6)7/h(H,6,7);1H,(H,5,6);1H2,(H,4,5);(H,6,7);1H,(H,5,6);1H2,(H,4,5);(H,6,7). The van der Waals surface area contributed by atoms with Crippen LogP contribution in [-0.4, -0.2) is 109 Å². The quantitative estimate of drug-likeness (QED) is 0.143. The largest absolute Gasteiger partial charge is 0.490 e. The van der Waals surface area contributed by atoms with Gasteiger partial charge in [-0.15, -0.1) is 11.6 Å². The van der Waals surface area contributed by atoms with Crippen LogP contribution in [-0.2, 0) is 33.6 Å². The van der Waals surface area contributed by atoms with E-state index in [1.807, 2.05) is 0 Å². The molecule has 0 aliphatic carbocycles. The molecule has 0 rings (SSSR count). The fraction of sp³-hybridized carbons (Fsp3) is 0.500. The number of carboxylic acid groups (broad SMARTS) is 7. The Morgan fingerprint density at radius 1 is 0.651 bits per heavy atom. The Bertz CT molecular complexity index is 769. The average Bonchev–Trinajstić information content (AvgIpc) is 2.79. The lowest BCUT2D eigenvalue weighted by atomic mass is 10.7. The number of alkyl halides is 15. The Balaban J connectivity index is -0.0000000706. The Hall–Kier alpha value is 0.700. The van der Waals surface area contributed by atoms with Gasteiger partial charge in [0.05, 0.1) is 0 Å². The van der Waals surface area contributed by atoms with Gasteiger partial charge in [0.2, 0.25) is 6.98 Å². The molecule has 0 radical (unpaired) electrons. The number of hydrogen-bond donors (Lipinski definition) is 7. The molecule has 0 aromatic rings. The summed E-state index contributed by atoms with van der Waals surface area (Å²) in [6, 6.07) is 0. The smallest absolute Gasteiger partial charge is 0.481 e. The molecule has 7 N–H and O–H groups in total. The number of aliphatic carboxylic acids is 7. The van der Waals surface area contributed by atoms with Crippen LogP contribution in [0, 0.1) is 0 Å². The van der Waals surface area contributed by atoms with E-state index in [1.54, 1.807) is 0 Å². The molecule has 0 aliphatic heterocycles. The Labute approximate surface area is 318 Å². The van der Waals surface area contributed by atoms with E-state index in [0.717, 1.165) is 0 Å². The number of hydrogen-bond acceptors (Lipinski definition) is 7. The lowest BCUT2D eigenvalue weighted by molar-refractivity contribution is -0.192. The molecule has 0 atom stereocenters. The monoisotopic (exact) mass is 1150 g/mol.